The molecule has 0 aliphatic carbocycles. The SMILES string of the molecule is COCc1cccc(Oc2ccc(F)c(N)c2C(=O)O)c1. The van der Waals surface area contributed by atoms with Crippen LogP contribution in [0.5, 0.6) is 11.5 Å². The van der Waals surface area contributed by atoms with Crippen molar-refractivity contribution in [2.45, 2.75) is 6.61 Å². The highest BCUT2D eigenvalue weighted by atomic mass is 19.1. The molecule has 0 saturated carbocycles. The summed E-state index contributed by atoms with van der Waals surface area (Å²) in [4.78, 5) is 11.2. The standard InChI is InChI=1S/C15H14FNO4/c1-20-8-9-3-2-4-10(7-9)21-12-6-5-11(16)14(17)13(12)15(18)19/h2-7H,8,17H2,1H3,(H,18,19). The van der Waals surface area contributed by atoms with Gasteiger partial charge >= 0.3 is 5.97 Å². The van der Waals surface area contributed by atoms with Gasteiger partial charge in [-0.3, -0.25) is 0 Å². The van der Waals surface area contributed by atoms with Crippen LogP contribution in [0.25, 0.3) is 0 Å². The first-order valence-corrected chi connectivity index (χ1v) is 6.10. The van der Waals surface area contributed by atoms with Gasteiger partial charge in [0, 0.05) is 7.11 Å². The van der Waals surface area contributed by atoms with E-state index in [0.717, 1.165) is 11.6 Å². The first-order chi connectivity index (χ1) is 10.0. The van der Waals surface area contributed by atoms with Crippen molar-refractivity contribution in [1.29, 1.82) is 0 Å². The average molecular weight is 291 g/mol. The normalized spacial score (nSPS) is 10.4. The second kappa shape index (κ2) is 6.23. The topological polar surface area (TPSA) is 81.8 Å². The Bertz CT molecular complexity index is 673. The van der Waals surface area contributed by atoms with Gasteiger partial charge in [0.05, 0.1) is 12.3 Å². The lowest BCUT2D eigenvalue weighted by atomic mass is 10.1. The van der Waals surface area contributed by atoms with E-state index in [-0.39, 0.29) is 5.75 Å². The second-order valence-corrected chi connectivity index (χ2v) is 4.32. The maximum Gasteiger partial charge on any atom is 0.341 e. The van der Waals surface area contributed by atoms with Gasteiger partial charge in [-0.25, -0.2) is 9.18 Å². The second-order valence-electron chi connectivity index (χ2n) is 4.32. The lowest BCUT2D eigenvalue weighted by Crippen LogP contribution is -2.07. The van der Waals surface area contributed by atoms with E-state index in [1.54, 1.807) is 25.3 Å². The molecule has 2 rings (SSSR count). The minimum absolute atomic E-state index is 0.0176. The largest absolute Gasteiger partial charge is 0.477 e. The van der Waals surface area contributed by atoms with Gasteiger partial charge < -0.3 is 20.3 Å². The third-order valence-electron chi connectivity index (χ3n) is 2.81. The molecule has 5 nitrogen and oxygen atoms in total. The number of nitrogens with two attached hydrogens (primary N) is 1. The molecule has 0 aromatic heterocycles. The maximum absolute atomic E-state index is 13.4. The minimum Gasteiger partial charge on any atom is -0.477 e. The van der Waals surface area contributed by atoms with Crippen LogP contribution in [0.4, 0.5) is 10.1 Å². The van der Waals surface area contributed by atoms with Crippen molar-refractivity contribution in [3.8, 4) is 11.5 Å². The molecular formula is C15H14FNO4. The van der Waals surface area contributed by atoms with E-state index in [2.05, 4.69) is 0 Å². The Balaban J connectivity index is 2.37. The molecule has 3 N–H and O–H groups in total. The summed E-state index contributed by atoms with van der Waals surface area (Å²) in [6, 6.07) is 9.25. The van der Waals surface area contributed by atoms with Crippen molar-refractivity contribution in [1.82, 2.24) is 0 Å². The number of benzene rings is 2. The number of hydrogen-bond acceptors (Lipinski definition) is 4. The van der Waals surface area contributed by atoms with Crippen molar-refractivity contribution in [3.05, 3.63) is 53.3 Å². The molecule has 0 heterocycles. The summed E-state index contributed by atoms with van der Waals surface area (Å²) >= 11 is 0. The Hall–Kier alpha value is -2.60. The number of hydrogen-bond donors (Lipinski definition) is 2. The lowest BCUT2D eigenvalue weighted by molar-refractivity contribution is 0.0695. The third-order valence-corrected chi connectivity index (χ3v) is 2.81. The van der Waals surface area contributed by atoms with E-state index in [4.69, 9.17) is 20.3 Å². The van der Waals surface area contributed by atoms with Gasteiger partial charge in [0.2, 0.25) is 0 Å². The Morgan fingerprint density at radius 3 is 2.76 bits per heavy atom. The molecule has 0 fully saturated rings. The summed E-state index contributed by atoms with van der Waals surface area (Å²) in [5.41, 5.74) is 5.48. The van der Waals surface area contributed by atoms with Gasteiger partial charge in [0.25, 0.3) is 0 Å². The Kier molecular flexibility index (Phi) is 4.39. The number of carboxylic acid groups (broad SMARTS) is 1. The highest BCUT2D eigenvalue weighted by molar-refractivity contribution is 5.97. The molecular weight excluding hydrogens is 277 g/mol. The molecule has 0 aliphatic rings. The molecule has 0 saturated heterocycles. The van der Waals surface area contributed by atoms with Crippen LogP contribution in [0.3, 0.4) is 0 Å². The predicted molar refractivity (Wildman–Crippen MR) is 75.0 cm³/mol. The third kappa shape index (κ3) is 3.29. The van der Waals surface area contributed by atoms with Crippen LogP contribution >= 0.6 is 0 Å². The number of carboxylic acids is 1. The summed E-state index contributed by atoms with van der Waals surface area (Å²) in [7, 11) is 1.57. The van der Waals surface area contributed by atoms with Gasteiger partial charge in [-0.1, -0.05) is 12.1 Å². The summed E-state index contributed by atoms with van der Waals surface area (Å²) in [6.45, 7) is 0.397. The number of nitrogen functional groups attached to an aromatic ring is 1. The molecule has 0 spiro atoms. The number of aromatic carboxylic acids is 1. The summed E-state index contributed by atoms with van der Waals surface area (Å²) < 4.78 is 23.9. The van der Waals surface area contributed by atoms with Crippen LogP contribution < -0.4 is 10.5 Å². The number of carbonyl (C=O) groups is 1. The molecule has 0 bridgehead atoms. The molecule has 0 atom stereocenters. The zero-order chi connectivity index (χ0) is 15.4. The Morgan fingerprint density at radius 2 is 2.10 bits per heavy atom. The van der Waals surface area contributed by atoms with Crippen LogP contribution in [0.2, 0.25) is 0 Å². The van der Waals surface area contributed by atoms with Crippen molar-refractivity contribution >= 4 is 11.7 Å². The average Bonchev–Trinajstić information content (AvgIpc) is 2.43. The van der Waals surface area contributed by atoms with E-state index in [1.165, 1.54) is 6.07 Å². The zero-order valence-electron chi connectivity index (χ0n) is 11.3. The fourth-order valence-corrected chi connectivity index (χ4v) is 1.87. The number of halogens is 1. The van der Waals surface area contributed by atoms with Crippen molar-refractivity contribution in [2.75, 3.05) is 12.8 Å². The fourth-order valence-electron chi connectivity index (χ4n) is 1.87. The van der Waals surface area contributed by atoms with Crippen LogP contribution in [0.15, 0.2) is 36.4 Å². The number of rotatable bonds is 5. The van der Waals surface area contributed by atoms with Gasteiger partial charge in [0.15, 0.2) is 0 Å². The minimum atomic E-state index is -1.35. The number of methoxy groups -OCH3 is 1. The summed E-state index contributed by atoms with van der Waals surface area (Å²) in [5, 5.41) is 9.14. The van der Waals surface area contributed by atoms with Crippen LogP contribution in [-0.4, -0.2) is 18.2 Å². The van der Waals surface area contributed by atoms with E-state index >= 15 is 0 Å². The van der Waals surface area contributed by atoms with Crippen LogP contribution in [-0.2, 0) is 11.3 Å². The zero-order valence-corrected chi connectivity index (χ0v) is 11.3. The highest BCUT2D eigenvalue weighted by Crippen LogP contribution is 2.31. The molecule has 0 amide bonds. The number of anilines is 1. The molecule has 110 valence electrons. The van der Waals surface area contributed by atoms with Gasteiger partial charge in [-0.2, -0.15) is 0 Å². The van der Waals surface area contributed by atoms with Crippen molar-refractivity contribution < 1.29 is 23.8 Å². The first kappa shape index (κ1) is 14.8. The molecule has 21 heavy (non-hydrogen) atoms. The summed E-state index contributed by atoms with van der Waals surface area (Å²) in [5.74, 6) is -1.75. The van der Waals surface area contributed by atoms with Crippen molar-refractivity contribution in [3.63, 3.8) is 0 Å². The van der Waals surface area contributed by atoms with E-state index in [0.29, 0.717) is 12.4 Å². The Morgan fingerprint density at radius 1 is 1.33 bits per heavy atom. The molecule has 6 heteroatoms. The highest BCUT2D eigenvalue weighted by Gasteiger charge is 2.19. The van der Waals surface area contributed by atoms with E-state index in [9.17, 15) is 9.18 Å². The maximum atomic E-state index is 13.4. The van der Waals surface area contributed by atoms with Gasteiger partial charge in [0.1, 0.15) is 22.9 Å². The lowest BCUT2D eigenvalue weighted by Gasteiger charge is -2.12. The van der Waals surface area contributed by atoms with Crippen molar-refractivity contribution in [2.24, 2.45) is 0 Å². The Labute approximate surface area is 120 Å². The van der Waals surface area contributed by atoms with E-state index in [1.807, 2.05) is 6.07 Å². The quantitative estimate of drug-likeness (QED) is 0.827. The van der Waals surface area contributed by atoms with Crippen LogP contribution in [0, 0.1) is 5.82 Å². The van der Waals surface area contributed by atoms with Gasteiger partial charge in [-0.15, -0.1) is 0 Å². The van der Waals surface area contributed by atoms with E-state index < -0.39 is 23.0 Å². The predicted octanol–water partition coefficient (Wildman–Crippen LogP) is 3.04. The first-order valence-electron chi connectivity index (χ1n) is 6.10. The van der Waals surface area contributed by atoms with Crippen LogP contribution in [0.1, 0.15) is 15.9 Å². The molecule has 2 aromatic carbocycles. The number of ether oxygens (including phenoxy) is 2. The van der Waals surface area contributed by atoms with Gasteiger partial charge in [-0.05, 0) is 29.8 Å². The molecule has 2 aromatic rings. The fraction of sp³-hybridized carbons (Fsp3) is 0.133. The molecule has 0 unspecified atom stereocenters. The smallest absolute Gasteiger partial charge is 0.341 e. The summed E-state index contributed by atoms with van der Waals surface area (Å²) in [6.07, 6.45) is 0. The molecule has 0 aliphatic heterocycles. The monoisotopic (exact) mass is 291 g/mol. The molecule has 0 radical (unpaired) electrons.